The number of aromatic amines is 1. The van der Waals surface area contributed by atoms with E-state index >= 15 is 0 Å². The van der Waals surface area contributed by atoms with E-state index in [0.717, 1.165) is 22.0 Å². The number of piperazine rings is 1. The number of fused-ring (bicyclic) bond motifs is 1. The van der Waals surface area contributed by atoms with E-state index in [2.05, 4.69) is 25.4 Å². The Bertz CT molecular complexity index is 1620. The molecule has 4 heterocycles. The van der Waals surface area contributed by atoms with Gasteiger partial charge in [-0.25, -0.2) is 4.68 Å². The van der Waals surface area contributed by atoms with E-state index in [1.165, 1.54) is 6.26 Å². The molecule has 0 spiro atoms. The summed E-state index contributed by atoms with van der Waals surface area (Å²) in [5, 5.41) is 13.6. The molecule has 1 aliphatic heterocycles. The van der Waals surface area contributed by atoms with E-state index < -0.39 is 6.04 Å². The highest BCUT2D eigenvalue weighted by molar-refractivity contribution is 5.91. The Morgan fingerprint density at radius 1 is 1.03 bits per heavy atom. The van der Waals surface area contributed by atoms with Crippen LogP contribution < -0.4 is 5.56 Å². The number of carbonyl (C=O) groups is 1. The number of hydrogen-bond donors (Lipinski definition) is 1. The zero-order chi connectivity index (χ0) is 26.1. The van der Waals surface area contributed by atoms with Crippen molar-refractivity contribution in [1.82, 2.24) is 35.0 Å². The Morgan fingerprint density at radius 3 is 2.61 bits per heavy atom. The maximum Gasteiger partial charge on any atom is 0.289 e. The Kier molecular flexibility index (Phi) is 6.30. The highest BCUT2D eigenvalue weighted by Gasteiger charge is 2.34. The van der Waals surface area contributed by atoms with Crippen molar-refractivity contribution in [2.24, 2.45) is 0 Å². The second kappa shape index (κ2) is 10.1. The van der Waals surface area contributed by atoms with Crippen molar-refractivity contribution in [1.29, 1.82) is 0 Å². The van der Waals surface area contributed by atoms with Crippen LogP contribution in [0.15, 0.2) is 82.2 Å². The molecule has 2 aromatic carbocycles. The van der Waals surface area contributed by atoms with E-state index in [-0.39, 0.29) is 11.5 Å². The Balaban J connectivity index is 1.38. The van der Waals surface area contributed by atoms with Gasteiger partial charge < -0.3 is 14.3 Å². The SMILES string of the molecule is Cc1cccc2cc([C@@H](c3nnnn3Cc3ccccc3)N3CCN(C(=O)c4ccco4)CC3)c(=O)[nH]c12. The van der Waals surface area contributed by atoms with Gasteiger partial charge in [-0.15, -0.1) is 5.10 Å². The number of pyridine rings is 1. The summed E-state index contributed by atoms with van der Waals surface area (Å²) in [6.07, 6.45) is 1.50. The third-order valence-corrected chi connectivity index (χ3v) is 7.09. The number of nitrogens with one attached hydrogen (secondary N) is 1. The van der Waals surface area contributed by atoms with Crippen molar-refractivity contribution in [2.45, 2.75) is 19.5 Å². The summed E-state index contributed by atoms with van der Waals surface area (Å²) in [6.45, 7) is 4.51. The molecule has 5 aromatic rings. The minimum absolute atomic E-state index is 0.140. The van der Waals surface area contributed by atoms with Crippen molar-refractivity contribution in [2.75, 3.05) is 26.2 Å². The monoisotopic (exact) mass is 509 g/mol. The maximum absolute atomic E-state index is 13.5. The summed E-state index contributed by atoms with van der Waals surface area (Å²) in [5.41, 5.74) is 3.26. The minimum Gasteiger partial charge on any atom is -0.459 e. The molecule has 6 rings (SSSR count). The first kappa shape index (κ1) is 23.8. The van der Waals surface area contributed by atoms with Crippen LogP contribution in [0.5, 0.6) is 0 Å². The molecule has 38 heavy (non-hydrogen) atoms. The molecule has 0 saturated carbocycles. The molecule has 1 N–H and O–H groups in total. The van der Waals surface area contributed by atoms with Gasteiger partial charge in [0, 0.05) is 31.7 Å². The summed E-state index contributed by atoms with van der Waals surface area (Å²) in [7, 11) is 0. The quantitative estimate of drug-likeness (QED) is 0.374. The van der Waals surface area contributed by atoms with E-state index in [0.29, 0.717) is 49.9 Å². The number of para-hydroxylation sites is 1. The molecule has 0 bridgehead atoms. The van der Waals surface area contributed by atoms with Gasteiger partial charge in [0.15, 0.2) is 11.6 Å². The van der Waals surface area contributed by atoms with Crippen LogP contribution in [0.4, 0.5) is 0 Å². The predicted molar refractivity (Wildman–Crippen MR) is 141 cm³/mol. The number of tetrazole rings is 1. The highest BCUT2D eigenvalue weighted by Crippen LogP contribution is 2.29. The van der Waals surface area contributed by atoms with Crippen LogP contribution in [-0.2, 0) is 6.54 Å². The van der Waals surface area contributed by atoms with Crippen LogP contribution >= 0.6 is 0 Å². The van der Waals surface area contributed by atoms with Crippen molar-refractivity contribution in [3.05, 3.63) is 112 Å². The summed E-state index contributed by atoms with van der Waals surface area (Å²) in [4.78, 5) is 33.4. The molecule has 0 unspecified atom stereocenters. The number of furan rings is 1. The molecular formula is C28H27N7O3. The highest BCUT2D eigenvalue weighted by atomic mass is 16.3. The normalized spacial score (nSPS) is 15.1. The molecule has 192 valence electrons. The lowest BCUT2D eigenvalue weighted by atomic mass is 10.0. The van der Waals surface area contributed by atoms with Crippen molar-refractivity contribution < 1.29 is 9.21 Å². The fraction of sp³-hybridized carbons (Fsp3) is 0.250. The summed E-state index contributed by atoms with van der Waals surface area (Å²) >= 11 is 0. The standard InChI is InChI=1S/C28H27N7O3/c1-19-7-5-10-21-17-22(27(36)29-24(19)21)25(26-30-31-32-35(26)18-20-8-3-2-4-9-20)33-12-14-34(15-13-33)28(37)23-11-6-16-38-23/h2-11,16-17,25H,12-15,18H2,1H3,(H,29,36)/t25-/m0/s1. The number of aromatic nitrogens is 5. The first-order chi connectivity index (χ1) is 18.6. The maximum atomic E-state index is 13.5. The zero-order valence-electron chi connectivity index (χ0n) is 20.9. The summed E-state index contributed by atoms with van der Waals surface area (Å²) in [5.74, 6) is 0.763. The molecule has 3 aromatic heterocycles. The largest absolute Gasteiger partial charge is 0.459 e. The number of H-pyrrole nitrogens is 1. The van der Waals surface area contributed by atoms with Crippen LogP contribution in [0.3, 0.4) is 0 Å². The number of rotatable bonds is 6. The molecule has 1 fully saturated rings. The van der Waals surface area contributed by atoms with Gasteiger partial charge in [0.1, 0.15) is 6.04 Å². The Morgan fingerprint density at radius 2 is 1.84 bits per heavy atom. The first-order valence-corrected chi connectivity index (χ1v) is 12.6. The number of benzene rings is 2. The second-order valence-corrected chi connectivity index (χ2v) is 9.48. The number of amides is 1. The van der Waals surface area contributed by atoms with Gasteiger partial charge in [-0.2, -0.15) is 0 Å². The minimum atomic E-state index is -0.497. The van der Waals surface area contributed by atoms with Crippen molar-refractivity contribution >= 4 is 16.8 Å². The Hall–Kier alpha value is -4.57. The summed E-state index contributed by atoms with van der Waals surface area (Å²) in [6, 6.07) is 20.7. The van der Waals surface area contributed by atoms with Gasteiger partial charge in [-0.3, -0.25) is 14.5 Å². The lowest BCUT2D eigenvalue weighted by Gasteiger charge is -2.38. The van der Waals surface area contributed by atoms with Gasteiger partial charge in [0.2, 0.25) is 0 Å². The van der Waals surface area contributed by atoms with Gasteiger partial charge in [-0.05, 0) is 52.1 Å². The lowest BCUT2D eigenvalue weighted by molar-refractivity contribution is 0.0558. The number of carbonyl (C=O) groups excluding carboxylic acids is 1. The van der Waals surface area contributed by atoms with Gasteiger partial charge in [0.05, 0.1) is 18.3 Å². The smallest absolute Gasteiger partial charge is 0.289 e. The van der Waals surface area contributed by atoms with Crippen LogP contribution in [0, 0.1) is 6.92 Å². The molecule has 1 atom stereocenters. The number of nitrogens with zero attached hydrogens (tertiary/aromatic N) is 6. The fourth-order valence-electron chi connectivity index (χ4n) is 5.12. The number of hydrogen-bond acceptors (Lipinski definition) is 7. The van der Waals surface area contributed by atoms with Gasteiger partial charge >= 0.3 is 0 Å². The average Bonchev–Trinajstić information content (AvgIpc) is 3.64. The molecule has 10 heteroatoms. The van der Waals surface area contributed by atoms with Crippen molar-refractivity contribution in [3.63, 3.8) is 0 Å². The third kappa shape index (κ3) is 4.50. The molecule has 0 radical (unpaired) electrons. The molecule has 0 aliphatic carbocycles. The fourth-order valence-corrected chi connectivity index (χ4v) is 5.12. The second-order valence-electron chi connectivity index (χ2n) is 9.48. The molecular weight excluding hydrogens is 482 g/mol. The van der Waals surface area contributed by atoms with E-state index in [1.54, 1.807) is 21.7 Å². The predicted octanol–water partition coefficient (Wildman–Crippen LogP) is 3.01. The van der Waals surface area contributed by atoms with E-state index in [1.807, 2.05) is 61.5 Å². The zero-order valence-corrected chi connectivity index (χ0v) is 20.9. The summed E-state index contributed by atoms with van der Waals surface area (Å²) < 4.78 is 7.06. The van der Waals surface area contributed by atoms with Gasteiger partial charge in [0.25, 0.3) is 11.5 Å². The van der Waals surface area contributed by atoms with Crippen LogP contribution in [-0.4, -0.2) is 67.1 Å². The van der Waals surface area contributed by atoms with Gasteiger partial charge in [-0.1, -0.05) is 48.5 Å². The third-order valence-electron chi connectivity index (χ3n) is 7.09. The first-order valence-electron chi connectivity index (χ1n) is 12.6. The molecule has 10 nitrogen and oxygen atoms in total. The van der Waals surface area contributed by atoms with Crippen LogP contribution in [0.25, 0.3) is 10.9 Å². The molecule has 1 saturated heterocycles. The van der Waals surface area contributed by atoms with Crippen LogP contribution in [0.2, 0.25) is 0 Å². The lowest BCUT2D eigenvalue weighted by Crippen LogP contribution is -2.50. The van der Waals surface area contributed by atoms with Crippen LogP contribution in [0.1, 0.15) is 39.1 Å². The topological polar surface area (TPSA) is 113 Å². The van der Waals surface area contributed by atoms with E-state index in [9.17, 15) is 9.59 Å². The number of aryl methyl sites for hydroxylation is 1. The van der Waals surface area contributed by atoms with Crippen molar-refractivity contribution in [3.8, 4) is 0 Å². The molecule has 1 aliphatic rings. The average molecular weight is 510 g/mol. The Labute approximate surface area is 218 Å². The van der Waals surface area contributed by atoms with E-state index in [4.69, 9.17) is 4.42 Å². The molecule has 1 amide bonds.